The standard InChI is InChI=1S/C9H11.2ClH.Ti/c1-2-5-9-7-3-6-8(9)4-1;;;/h3,6-7H,1-2,4-5H2;2*1H;/q-1;;;+3/p-2. The molecular weight excluding hydrogens is 227 g/mol. The number of hydrogen-bond donors (Lipinski definition) is 0. The van der Waals surface area contributed by atoms with Crippen LogP contribution in [0.15, 0.2) is 18.2 Å². The monoisotopic (exact) mass is 237 g/mol. The summed E-state index contributed by atoms with van der Waals surface area (Å²) in [5, 5.41) is 0. The molecule has 0 atom stereocenters. The SMILES string of the molecule is [Cl-].[Cl-].[Ti+3].c1cc2c([cH-]1)CCCC2. The third-order valence-corrected chi connectivity index (χ3v) is 2.15. The summed E-state index contributed by atoms with van der Waals surface area (Å²) in [5.41, 5.74) is 3.20. The second-order valence-electron chi connectivity index (χ2n) is 2.78. The Bertz CT molecular complexity index is 188. The molecule has 1 aromatic carbocycles. The molecule has 1 aromatic rings. The Balaban J connectivity index is 0. The Hall–Kier alpha value is 0.644. The van der Waals surface area contributed by atoms with Gasteiger partial charge in [0.1, 0.15) is 0 Å². The molecule has 0 aromatic heterocycles. The first kappa shape index (κ1) is 15.1. The van der Waals surface area contributed by atoms with Gasteiger partial charge in [-0.15, -0.1) is 0 Å². The third-order valence-electron chi connectivity index (χ3n) is 2.15. The summed E-state index contributed by atoms with van der Waals surface area (Å²) in [5.74, 6) is 0. The van der Waals surface area contributed by atoms with Crippen LogP contribution < -0.4 is 24.8 Å². The largest absolute Gasteiger partial charge is 3.00 e. The van der Waals surface area contributed by atoms with Crippen LogP contribution in [0.1, 0.15) is 24.0 Å². The quantitative estimate of drug-likeness (QED) is 0.322. The maximum Gasteiger partial charge on any atom is 3.00 e. The van der Waals surface area contributed by atoms with Gasteiger partial charge in [-0.3, -0.25) is 0 Å². The fraction of sp³-hybridized carbons (Fsp3) is 0.444. The second-order valence-corrected chi connectivity index (χ2v) is 2.78. The summed E-state index contributed by atoms with van der Waals surface area (Å²) in [7, 11) is 0. The predicted octanol–water partition coefficient (Wildman–Crippen LogP) is -3.71. The Morgan fingerprint density at radius 2 is 1.75 bits per heavy atom. The average Bonchev–Trinajstić information content (AvgIpc) is 2.33. The van der Waals surface area contributed by atoms with Crippen molar-refractivity contribution in [3.63, 3.8) is 0 Å². The molecule has 0 amide bonds. The molecule has 2 rings (SSSR count). The maximum absolute atomic E-state index is 2.26. The Labute approximate surface area is 101 Å². The normalized spacial score (nSPS) is 13.0. The van der Waals surface area contributed by atoms with E-state index in [0.29, 0.717) is 0 Å². The zero-order valence-electron chi connectivity index (χ0n) is 6.82. The third kappa shape index (κ3) is 3.18. The van der Waals surface area contributed by atoms with E-state index in [2.05, 4.69) is 18.2 Å². The van der Waals surface area contributed by atoms with Crippen molar-refractivity contribution in [2.75, 3.05) is 0 Å². The van der Waals surface area contributed by atoms with Gasteiger partial charge in [0.25, 0.3) is 0 Å². The van der Waals surface area contributed by atoms with Gasteiger partial charge < -0.3 is 24.8 Å². The average molecular weight is 238 g/mol. The minimum atomic E-state index is 0. The summed E-state index contributed by atoms with van der Waals surface area (Å²) in [6, 6.07) is 6.69. The molecule has 0 heterocycles. The molecule has 0 saturated heterocycles. The van der Waals surface area contributed by atoms with Crippen LogP contribution in [0.3, 0.4) is 0 Å². The molecule has 0 bridgehead atoms. The smallest absolute Gasteiger partial charge is 1.00 e. The van der Waals surface area contributed by atoms with Crippen LogP contribution in [0.2, 0.25) is 0 Å². The second kappa shape index (κ2) is 7.09. The molecule has 0 spiro atoms. The minimum absolute atomic E-state index is 0. The van der Waals surface area contributed by atoms with Crippen molar-refractivity contribution in [3.8, 4) is 0 Å². The first-order chi connectivity index (χ1) is 4.47. The van der Waals surface area contributed by atoms with Crippen LogP contribution in [0.5, 0.6) is 0 Å². The van der Waals surface area contributed by atoms with Crippen LogP contribution >= 0.6 is 0 Å². The summed E-state index contributed by atoms with van der Waals surface area (Å²) in [6.45, 7) is 0. The Kier molecular flexibility index (Phi) is 8.94. The first-order valence-corrected chi connectivity index (χ1v) is 3.70. The number of aryl methyl sites for hydroxylation is 2. The fourth-order valence-electron chi connectivity index (χ4n) is 1.61. The van der Waals surface area contributed by atoms with Crippen molar-refractivity contribution in [1.29, 1.82) is 0 Å². The van der Waals surface area contributed by atoms with Crippen molar-refractivity contribution in [2.24, 2.45) is 0 Å². The van der Waals surface area contributed by atoms with Crippen molar-refractivity contribution in [2.45, 2.75) is 25.7 Å². The van der Waals surface area contributed by atoms with Gasteiger partial charge in [-0.1, -0.05) is 25.7 Å². The number of rotatable bonds is 0. The number of hydrogen-bond acceptors (Lipinski definition) is 0. The molecule has 0 aliphatic heterocycles. The molecule has 0 unspecified atom stereocenters. The molecule has 1 aliphatic carbocycles. The zero-order valence-corrected chi connectivity index (χ0v) is 9.89. The molecule has 0 fully saturated rings. The van der Waals surface area contributed by atoms with E-state index in [4.69, 9.17) is 0 Å². The van der Waals surface area contributed by atoms with Gasteiger partial charge in [-0.2, -0.15) is 23.3 Å². The van der Waals surface area contributed by atoms with Gasteiger partial charge in [-0.25, -0.2) is 6.07 Å². The van der Waals surface area contributed by atoms with Gasteiger partial charge in [-0.05, 0) is 0 Å². The number of fused-ring (bicyclic) bond motifs is 1. The van der Waals surface area contributed by atoms with Crippen molar-refractivity contribution in [1.82, 2.24) is 0 Å². The van der Waals surface area contributed by atoms with Gasteiger partial charge >= 0.3 is 21.7 Å². The zero-order chi connectivity index (χ0) is 6.10. The van der Waals surface area contributed by atoms with E-state index in [-0.39, 0.29) is 46.5 Å². The molecule has 0 nitrogen and oxygen atoms in total. The molecule has 65 valence electrons. The van der Waals surface area contributed by atoms with Crippen LogP contribution in [0, 0.1) is 0 Å². The molecular formula is C9H11Cl2Ti. The summed E-state index contributed by atoms with van der Waals surface area (Å²) >= 11 is 0. The van der Waals surface area contributed by atoms with Gasteiger partial charge in [0.2, 0.25) is 0 Å². The molecule has 0 saturated carbocycles. The van der Waals surface area contributed by atoms with E-state index in [1.54, 1.807) is 11.1 Å². The van der Waals surface area contributed by atoms with Crippen LogP contribution in [-0.2, 0) is 34.6 Å². The minimum Gasteiger partial charge on any atom is -1.00 e. The molecule has 3 heteroatoms. The summed E-state index contributed by atoms with van der Waals surface area (Å²) in [4.78, 5) is 0. The van der Waals surface area contributed by atoms with Gasteiger partial charge in [0, 0.05) is 0 Å². The Morgan fingerprint density at radius 3 is 2.42 bits per heavy atom. The molecule has 12 heavy (non-hydrogen) atoms. The van der Waals surface area contributed by atoms with Crippen LogP contribution in [0.4, 0.5) is 0 Å². The van der Waals surface area contributed by atoms with E-state index >= 15 is 0 Å². The van der Waals surface area contributed by atoms with Gasteiger partial charge in [0.15, 0.2) is 0 Å². The first-order valence-electron chi connectivity index (χ1n) is 3.70. The van der Waals surface area contributed by atoms with Crippen molar-refractivity contribution < 1.29 is 46.5 Å². The van der Waals surface area contributed by atoms with Gasteiger partial charge in [0.05, 0.1) is 0 Å². The Morgan fingerprint density at radius 1 is 1.08 bits per heavy atom. The molecule has 0 N–H and O–H groups in total. The van der Waals surface area contributed by atoms with Crippen LogP contribution in [-0.4, -0.2) is 0 Å². The van der Waals surface area contributed by atoms with Crippen LogP contribution in [0.25, 0.3) is 0 Å². The predicted molar refractivity (Wildman–Crippen MR) is 38.7 cm³/mol. The van der Waals surface area contributed by atoms with E-state index < -0.39 is 0 Å². The molecule has 1 aliphatic rings. The van der Waals surface area contributed by atoms with Crippen molar-refractivity contribution >= 4 is 0 Å². The number of halogens is 2. The maximum atomic E-state index is 2.26. The molecule has 1 radical (unpaired) electrons. The van der Waals surface area contributed by atoms with Crippen molar-refractivity contribution in [3.05, 3.63) is 29.3 Å². The fourth-order valence-corrected chi connectivity index (χ4v) is 1.61. The summed E-state index contributed by atoms with van der Waals surface area (Å²) in [6.07, 6.45) is 5.44. The van der Waals surface area contributed by atoms with E-state index in [9.17, 15) is 0 Å². The topological polar surface area (TPSA) is 0 Å². The van der Waals surface area contributed by atoms with E-state index in [0.717, 1.165) is 0 Å². The van der Waals surface area contributed by atoms with E-state index in [1.165, 1.54) is 25.7 Å². The summed E-state index contributed by atoms with van der Waals surface area (Å²) < 4.78 is 0. The van der Waals surface area contributed by atoms with E-state index in [1.807, 2.05) is 0 Å².